The minimum atomic E-state index is -1.19. The second-order valence-electron chi connectivity index (χ2n) is 12.7. The summed E-state index contributed by atoms with van der Waals surface area (Å²) in [5.41, 5.74) is 0.746. The molecule has 0 bridgehead atoms. The second kappa shape index (κ2) is 9.73. The average Bonchev–Trinajstić information content (AvgIpc) is 3.41. The van der Waals surface area contributed by atoms with Gasteiger partial charge in [0.25, 0.3) is 5.91 Å². The molecule has 5 rings (SSSR count). The molecule has 2 N–H and O–H groups in total. The minimum Gasteiger partial charge on any atom is -0.467 e. The third-order valence-corrected chi connectivity index (χ3v) is 11.2. The molecule has 0 aromatic rings. The highest BCUT2D eigenvalue weighted by Crippen LogP contribution is 2.67. The standard InChI is InChI=1S/C29H42N2O7/c1-17(32)29(36)12-9-23-21-6-5-18-13-19(7-10-27(18,2)22(21)8-11-28(23,29)3)30-38-16-25(34)31-15-20(33)14-24(31)26(35)37-4/h13,20-24,33,36H,5-12,14-16H2,1-4H3/b30-19-/t20-,21-,22+,23+,24+,27+,28+,29+/m1/s1. The quantitative estimate of drug-likeness (QED) is 0.414. The number of hydrogen-bond acceptors (Lipinski definition) is 8. The summed E-state index contributed by atoms with van der Waals surface area (Å²) in [6.45, 7) is 5.85. The van der Waals surface area contributed by atoms with E-state index in [1.54, 1.807) is 6.92 Å². The Kier molecular flexibility index (Phi) is 7.00. The van der Waals surface area contributed by atoms with Gasteiger partial charge in [-0.3, -0.25) is 9.59 Å². The molecule has 4 fully saturated rings. The van der Waals surface area contributed by atoms with Crippen molar-refractivity contribution >= 4 is 23.4 Å². The van der Waals surface area contributed by atoms with E-state index < -0.39 is 29.6 Å². The van der Waals surface area contributed by atoms with Crippen molar-refractivity contribution in [3.05, 3.63) is 11.6 Å². The number of aliphatic hydroxyl groups is 2. The SMILES string of the molecule is COC(=O)[C@@H]1C[C@@H](O)CN1C(=O)CO/N=C1\C=C2CC[C@@H]3[C@H](CC[C@@]4(C)[C@H]3CC[C@]4(O)C(C)=O)[C@@]2(C)CC1. The van der Waals surface area contributed by atoms with Crippen LogP contribution < -0.4 is 0 Å². The van der Waals surface area contributed by atoms with Crippen LogP contribution in [0.25, 0.3) is 0 Å². The van der Waals surface area contributed by atoms with Gasteiger partial charge in [0.05, 0.1) is 18.9 Å². The molecule has 1 amide bonds. The number of rotatable bonds is 5. The van der Waals surface area contributed by atoms with Crippen LogP contribution in [-0.4, -0.2) is 76.5 Å². The summed E-state index contributed by atoms with van der Waals surface area (Å²) in [5.74, 6) is 0.381. The molecule has 9 nitrogen and oxygen atoms in total. The molecule has 1 aliphatic heterocycles. The summed E-state index contributed by atoms with van der Waals surface area (Å²) < 4.78 is 4.76. The van der Waals surface area contributed by atoms with Gasteiger partial charge in [0, 0.05) is 18.4 Å². The molecular formula is C29H42N2O7. The molecule has 0 unspecified atom stereocenters. The lowest BCUT2D eigenvalue weighted by Gasteiger charge is -2.59. The zero-order chi connectivity index (χ0) is 27.5. The first-order valence-electron chi connectivity index (χ1n) is 14.1. The number of oxime groups is 1. The maximum absolute atomic E-state index is 12.7. The summed E-state index contributed by atoms with van der Waals surface area (Å²) in [6, 6.07) is -0.796. The Morgan fingerprint density at radius 3 is 2.55 bits per heavy atom. The molecule has 38 heavy (non-hydrogen) atoms. The summed E-state index contributed by atoms with van der Waals surface area (Å²) in [5, 5.41) is 25.5. The van der Waals surface area contributed by atoms with Gasteiger partial charge in [0.1, 0.15) is 11.6 Å². The molecule has 0 aromatic heterocycles. The summed E-state index contributed by atoms with van der Waals surface area (Å²) >= 11 is 0. The zero-order valence-electron chi connectivity index (χ0n) is 23.1. The van der Waals surface area contributed by atoms with E-state index in [4.69, 9.17) is 9.57 Å². The number of carbonyl (C=O) groups is 3. The van der Waals surface area contributed by atoms with Crippen LogP contribution in [0.2, 0.25) is 0 Å². The Hall–Kier alpha value is -2.26. The lowest BCUT2D eigenvalue weighted by atomic mass is 9.46. The number of ketones is 1. The van der Waals surface area contributed by atoms with Crippen molar-refractivity contribution < 1.29 is 34.2 Å². The first kappa shape index (κ1) is 27.3. The van der Waals surface area contributed by atoms with Gasteiger partial charge in [-0.25, -0.2) is 4.79 Å². The van der Waals surface area contributed by atoms with E-state index in [9.17, 15) is 24.6 Å². The fourth-order valence-electron chi connectivity index (χ4n) is 8.94. The zero-order valence-corrected chi connectivity index (χ0v) is 23.1. The maximum atomic E-state index is 12.7. The first-order chi connectivity index (χ1) is 17.9. The van der Waals surface area contributed by atoms with Crippen LogP contribution in [0.4, 0.5) is 0 Å². The number of aliphatic hydroxyl groups excluding tert-OH is 1. The molecule has 210 valence electrons. The van der Waals surface area contributed by atoms with E-state index in [1.165, 1.54) is 17.6 Å². The van der Waals surface area contributed by atoms with Gasteiger partial charge in [-0.1, -0.05) is 24.6 Å². The number of β-amino-alcohol motifs (C(OH)–C–C–N with tert-alkyl or cyclic N) is 1. The van der Waals surface area contributed by atoms with Crippen LogP contribution in [0, 0.1) is 28.6 Å². The monoisotopic (exact) mass is 530 g/mol. The lowest BCUT2D eigenvalue weighted by molar-refractivity contribution is -0.159. The number of amides is 1. The van der Waals surface area contributed by atoms with Crippen molar-refractivity contribution in [3.8, 4) is 0 Å². The van der Waals surface area contributed by atoms with E-state index in [0.717, 1.165) is 50.7 Å². The number of hydrogen-bond donors (Lipinski definition) is 2. The Balaban J connectivity index is 1.25. The molecule has 1 saturated heterocycles. The lowest BCUT2D eigenvalue weighted by Crippen LogP contribution is -2.57. The molecular weight excluding hydrogens is 488 g/mol. The topological polar surface area (TPSA) is 126 Å². The number of fused-ring (bicyclic) bond motifs is 5. The third kappa shape index (κ3) is 4.12. The van der Waals surface area contributed by atoms with Crippen molar-refractivity contribution in [1.29, 1.82) is 0 Å². The molecule has 3 saturated carbocycles. The summed E-state index contributed by atoms with van der Waals surface area (Å²) in [6.07, 6.45) is 8.67. The van der Waals surface area contributed by atoms with Gasteiger partial charge in [0.15, 0.2) is 12.4 Å². The van der Waals surface area contributed by atoms with Crippen molar-refractivity contribution in [2.75, 3.05) is 20.3 Å². The molecule has 8 atom stereocenters. The van der Waals surface area contributed by atoms with Crippen LogP contribution in [0.5, 0.6) is 0 Å². The number of ether oxygens (including phenoxy) is 1. The highest BCUT2D eigenvalue weighted by Gasteiger charge is 2.65. The van der Waals surface area contributed by atoms with Crippen LogP contribution in [0.1, 0.15) is 78.6 Å². The number of carbonyl (C=O) groups excluding carboxylic acids is 3. The Bertz CT molecular complexity index is 1070. The highest BCUT2D eigenvalue weighted by atomic mass is 16.6. The van der Waals surface area contributed by atoms with E-state index in [2.05, 4.69) is 25.1 Å². The molecule has 9 heteroatoms. The van der Waals surface area contributed by atoms with E-state index in [0.29, 0.717) is 24.2 Å². The fraction of sp³-hybridized carbons (Fsp3) is 0.793. The van der Waals surface area contributed by atoms with E-state index >= 15 is 0 Å². The number of likely N-dealkylation sites (tertiary alicyclic amines) is 1. The van der Waals surface area contributed by atoms with Crippen molar-refractivity contribution in [1.82, 2.24) is 4.90 Å². The van der Waals surface area contributed by atoms with Crippen LogP contribution in [0.3, 0.4) is 0 Å². The van der Waals surface area contributed by atoms with Gasteiger partial charge >= 0.3 is 5.97 Å². The molecule has 0 spiro atoms. The van der Waals surface area contributed by atoms with Crippen LogP contribution >= 0.6 is 0 Å². The minimum absolute atomic E-state index is 0.0649. The van der Waals surface area contributed by atoms with E-state index in [1.807, 2.05) is 0 Å². The number of allylic oxidation sites excluding steroid dienone is 2. The Labute approximate surface area is 224 Å². The fourth-order valence-corrected chi connectivity index (χ4v) is 8.94. The summed E-state index contributed by atoms with van der Waals surface area (Å²) in [4.78, 5) is 43.8. The third-order valence-electron chi connectivity index (χ3n) is 11.2. The Morgan fingerprint density at radius 1 is 1.11 bits per heavy atom. The van der Waals surface area contributed by atoms with Gasteiger partial charge in [0.2, 0.25) is 0 Å². The maximum Gasteiger partial charge on any atom is 0.328 e. The molecule has 1 heterocycles. The summed E-state index contributed by atoms with van der Waals surface area (Å²) in [7, 11) is 1.27. The average molecular weight is 531 g/mol. The van der Waals surface area contributed by atoms with Crippen molar-refractivity contribution in [3.63, 3.8) is 0 Å². The number of esters is 1. The van der Waals surface area contributed by atoms with Gasteiger partial charge in [-0.2, -0.15) is 0 Å². The number of methoxy groups -OCH3 is 1. The Morgan fingerprint density at radius 2 is 1.84 bits per heavy atom. The van der Waals surface area contributed by atoms with Crippen LogP contribution in [0.15, 0.2) is 16.8 Å². The van der Waals surface area contributed by atoms with Crippen molar-refractivity contribution in [2.45, 2.75) is 96.3 Å². The number of nitrogens with zero attached hydrogens (tertiary/aromatic N) is 2. The predicted molar refractivity (Wildman–Crippen MR) is 139 cm³/mol. The van der Waals surface area contributed by atoms with Gasteiger partial charge in [-0.15, -0.1) is 0 Å². The largest absolute Gasteiger partial charge is 0.467 e. The van der Waals surface area contributed by atoms with Gasteiger partial charge < -0.3 is 24.7 Å². The number of Topliss-reactive ketones (excluding diaryl/α,β-unsaturated/α-hetero) is 1. The smallest absolute Gasteiger partial charge is 0.328 e. The molecule has 4 aliphatic carbocycles. The highest BCUT2D eigenvalue weighted by molar-refractivity contribution is 5.96. The molecule has 0 aromatic carbocycles. The predicted octanol–water partition coefficient (Wildman–Crippen LogP) is 2.78. The second-order valence-corrected chi connectivity index (χ2v) is 12.7. The first-order valence-corrected chi connectivity index (χ1v) is 14.1. The molecule has 0 radical (unpaired) electrons. The van der Waals surface area contributed by atoms with Gasteiger partial charge in [-0.05, 0) is 87.5 Å². The van der Waals surface area contributed by atoms with E-state index in [-0.39, 0.29) is 36.2 Å². The normalized spacial score (nSPS) is 43.1. The van der Waals surface area contributed by atoms with Crippen LogP contribution in [-0.2, 0) is 24.0 Å². The molecule has 5 aliphatic rings. The van der Waals surface area contributed by atoms with Crippen molar-refractivity contribution in [2.24, 2.45) is 33.7 Å².